The smallest absolute Gasteiger partial charge is 0.327 e. The van der Waals surface area contributed by atoms with Crippen LogP contribution in [0.3, 0.4) is 0 Å². The molecule has 5 heteroatoms. The van der Waals surface area contributed by atoms with Gasteiger partial charge in [0.15, 0.2) is 0 Å². The second-order valence-electron chi connectivity index (χ2n) is 2.08. The standard InChI is InChI=1S/C6H14O3.C3H4O2/c1-2-8-5-6-9-4-3-7;1-2-3(4)5/h7H,2-6H2,1H3;2H,1H2,(H,4,5). The van der Waals surface area contributed by atoms with Gasteiger partial charge in [-0.15, -0.1) is 0 Å². The van der Waals surface area contributed by atoms with Gasteiger partial charge in [-0.2, -0.15) is 0 Å². The fourth-order valence-electron chi connectivity index (χ4n) is 0.429. The van der Waals surface area contributed by atoms with E-state index in [0.717, 1.165) is 12.7 Å². The van der Waals surface area contributed by atoms with E-state index in [-0.39, 0.29) is 6.61 Å². The van der Waals surface area contributed by atoms with Crippen molar-refractivity contribution in [2.24, 2.45) is 0 Å². The zero-order valence-corrected chi connectivity index (χ0v) is 8.44. The van der Waals surface area contributed by atoms with Crippen LogP contribution in [0.5, 0.6) is 0 Å². The van der Waals surface area contributed by atoms with Crippen LogP contribution < -0.4 is 0 Å². The van der Waals surface area contributed by atoms with Crippen LogP contribution in [0.25, 0.3) is 0 Å². The van der Waals surface area contributed by atoms with Gasteiger partial charge < -0.3 is 19.7 Å². The summed E-state index contributed by atoms with van der Waals surface area (Å²) in [4.78, 5) is 9.25. The first kappa shape index (κ1) is 15.6. The van der Waals surface area contributed by atoms with Gasteiger partial charge in [-0.1, -0.05) is 6.58 Å². The van der Waals surface area contributed by atoms with Gasteiger partial charge in [-0.05, 0) is 6.92 Å². The summed E-state index contributed by atoms with van der Waals surface area (Å²) >= 11 is 0. The van der Waals surface area contributed by atoms with Crippen molar-refractivity contribution in [3.63, 3.8) is 0 Å². The van der Waals surface area contributed by atoms with Crippen LogP contribution in [0.1, 0.15) is 6.92 Å². The maximum Gasteiger partial charge on any atom is 0.327 e. The monoisotopic (exact) mass is 206 g/mol. The van der Waals surface area contributed by atoms with Crippen molar-refractivity contribution >= 4 is 5.97 Å². The van der Waals surface area contributed by atoms with Crippen LogP contribution in [-0.4, -0.2) is 49.2 Å². The zero-order chi connectivity index (χ0) is 11.2. The largest absolute Gasteiger partial charge is 0.478 e. The molecule has 2 N–H and O–H groups in total. The van der Waals surface area contributed by atoms with Crippen molar-refractivity contribution in [1.29, 1.82) is 0 Å². The predicted molar refractivity (Wildman–Crippen MR) is 52.2 cm³/mol. The lowest BCUT2D eigenvalue weighted by atomic mass is 10.7. The lowest BCUT2D eigenvalue weighted by Crippen LogP contribution is -2.06. The van der Waals surface area contributed by atoms with Crippen LogP contribution in [0.4, 0.5) is 0 Å². The third kappa shape index (κ3) is 22.5. The maximum atomic E-state index is 9.25. The molecular formula is C9H18O5. The number of aliphatic carboxylic acids is 1. The summed E-state index contributed by atoms with van der Waals surface area (Å²) in [6.07, 6.45) is 0.833. The molecule has 0 amide bonds. The van der Waals surface area contributed by atoms with E-state index in [9.17, 15) is 4.79 Å². The van der Waals surface area contributed by atoms with Gasteiger partial charge >= 0.3 is 5.97 Å². The molecule has 5 nitrogen and oxygen atoms in total. The van der Waals surface area contributed by atoms with E-state index >= 15 is 0 Å². The Bertz CT molecular complexity index is 129. The molecule has 84 valence electrons. The molecule has 0 atom stereocenters. The Morgan fingerprint density at radius 1 is 1.36 bits per heavy atom. The van der Waals surface area contributed by atoms with E-state index in [4.69, 9.17) is 19.7 Å². The molecule has 0 aromatic rings. The summed E-state index contributed by atoms with van der Waals surface area (Å²) in [5.41, 5.74) is 0. The lowest BCUT2D eigenvalue weighted by molar-refractivity contribution is -0.131. The van der Waals surface area contributed by atoms with Crippen molar-refractivity contribution in [2.45, 2.75) is 6.92 Å². The Kier molecular flexibility index (Phi) is 16.2. The minimum absolute atomic E-state index is 0.0894. The zero-order valence-electron chi connectivity index (χ0n) is 8.44. The molecular weight excluding hydrogens is 188 g/mol. The Morgan fingerprint density at radius 2 is 1.86 bits per heavy atom. The van der Waals surface area contributed by atoms with E-state index in [1.165, 1.54) is 0 Å². The van der Waals surface area contributed by atoms with Crippen LogP contribution in [0, 0.1) is 0 Å². The van der Waals surface area contributed by atoms with Crippen LogP contribution in [-0.2, 0) is 14.3 Å². The Labute approximate surface area is 84.0 Å². The molecule has 0 aliphatic carbocycles. The molecule has 0 bridgehead atoms. The second kappa shape index (κ2) is 14.6. The summed E-state index contributed by atoms with van der Waals surface area (Å²) in [7, 11) is 0. The molecule has 0 saturated carbocycles. The van der Waals surface area contributed by atoms with Gasteiger partial charge in [0.2, 0.25) is 0 Å². The van der Waals surface area contributed by atoms with Gasteiger partial charge in [0.25, 0.3) is 0 Å². The first-order valence-corrected chi connectivity index (χ1v) is 4.30. The highest BCUT2D eigenvalue weighted by atomic mass is 16.5. The molecule has 0 fully saturated rings. The molecule has 0 aliphatic rings. The van der Waals surface area contributed by atoms with E-state index in [1.54, 1.807) is 0 Å². The number of carboxylic acid groups (broad SMARTS) is 1. The minimum Gasteiger partial charge on any atom is -0.478 e. The van der Waals surface area contributed by atoms with E-state index in [1.807, 2.05) is 6.92 Å². The molecule has 0 rings (SSSR count). The molecule has 0 aromatic heterocycles. The van der Waals surface area contributed by atoms with E-state index in [0.29, 0.717) is 19.8 Å². The summed E-state index contributed by atoms with van der Waals surface area (Å²) in [6, 6.07) is 0. The average Bonchev–Trinajstić information content (AvgIpc) is 2.19. The van der Waals surface area contributed by atoms with Crippen molar-refractivity contribution in [2.75, 3.05) is 33.0 Å². The molecule has 0 spiro atoms. The predicted octanol–water partition coefficient (Wildman–Crippen LogP) is 0.289. The van der Waals surface area contributed by atoms with E-state index in [2.05, 4.69) is 6.58 Å². The SMILES string of the molecule is C=CC(=O)O.CCOCCOCCO. The first-order chi connectivity index (χ1) is 6.68. The molecule has 0 aliphatic heterocycles. The summed E-state index contributed by atoms with van der Waals surface area (Å²) < 4.78 is 9.88. The topological polar surface area (TPSA) is 76.0 Å². The highest BCUT2D eigenvalue weighted by Crippen LogP contribution is 1.76. The van der Waals surface area contributed by atoms with Crippen LogP contribution >= 0.6 is 0 Å². The Morgan fingerprint density at radius 3 is 2.21 bits per heavy atom. The van der Waals surface area contributed by atoms with Gasteiger partial charge in [-0.3, -0.25) is 0 Å². The first-order valence-electron chi connectivity index (χ1n) is 4.30. The second-order valence-corrected chi connectivity index (χ2v) is 2.08. The number of carboxylic acids is 1. The van der Waals surface area contributed by atoms with Gasteiger partial charge in [0.1, 0.15) is 0 Å². The Hall–Kier alpha value is -0.910. The number of ether oxygens (including phenoxy) is 2. The quantitative estimate of drug-likeness (QED) is 0.462. The lowest BCUT2D eigenvalue weighted by Gasteiger charge is -2.00. The summed E-state index contributed by atoms with van der Waals surface area (Å²) in [6.45, 7) is 7.32. The number of aliphatic hydroxyl groups is 1. The highest BCUT2D eigenvalue weighted by Gasteiger charge is 1.84. The van der Waals surface area contributed by atoms with Crippen molar-refractivity contribution < 1.29 is 24.5 Å². The van der Waals surface area contributed by atoms with Crippen LogP contribution in [0.15, 0.2) is 12.7 Å². The number of rotatable bonds is 7. The van der Waals surface area contributed by atoms with Crippen molar-refractivity contribution in [1.82, 2.24) is 0 Å². The van der Waals surface area contributed by atoms with E-state index < -0.39 is 5.97 Å². The third-order valence-electron chi connectivity index (χ3n) is 0.986. The molecule has 0 unspecified atom stereocenters. The molecule has 0 aromatic carbocycles. The fourth-order valence-corrected chi connectivity index (χ4v) is 0.429. The van der Waals surface area contributed by atoms with Gasteiger partial charge in [0.05, 0.1) is 26.4 Å². The van der Waals surface area contributed by atoms with Crippen LogP contribution in [0.2, 0.25) is 0 Å². The fraction of sp³-hybridized carbons (Fsp3) is 0.667. The highest BCUT2D eigenvalue weighted by molar-refractivity contribution is 5.78. The average molecular weight is 206 g/mol. The summed E-state index contributed by atoms with van der Waals surface area (Å²) in [5, 5.41) is 15.9. The normalized spacial score (nSPS) is 8.71. The van der Waals surface area contributed by atoms with Gasteiger partial charge in [-0.25, -0.2) is 4.79 Å². The minimum atomic E-state index is -0.981. The number of aliphatic hydroxyl groups excluding tert-OH is 1. The molecule has 14 heavy (non-hydrogen) atoms. The summed E-state index contributed by atoms with van der Waals surface area (Å²) in [5.74, 6) is -0.981. The molecule has 0 heterocycles. The molecule has 0 radical (unpaired) electrons. The van der Waals surface area contributed by atoms with Crippen molar-refractivity contribution in [3.05, 3.63) is 12.7 Å². The maximum absolute atomic E-state index is 9.25. The third-order valence-corrected chi connectivity index (χ3v) is 0.986. The number of hydrogen-bond acceptors (Lipinski definition) is 4. The number of hydrogen-bond donors (Lipinski definition) is 2. The van der Waals surface area contributed by atoms with Crippen molar-refractivity contribution in [3.8, 4) is 0 Å². The van der Waals surface area contributed by atoms with Gasteiger partial charge in [0, 0.05) is 12.7 Å². The Balaban J connectivity index is 0. The molecule has 0 saturated heterocycles. The number of carbonyl (C=O) groups is 1.